The smallest absolute Gasteiger partial charge is 0.311 e. The van der Waals surface area contributed by atoms with Crippen molar-refractivity contribution in [3.05, 3.63) is 60.3 Å². The first-order valence-corrected chi connectivity index (χ1v) is 15.6. The van der Waals surface area contributed by atoms with Crippen LogP contribution in [0, 0.1) is 0 Å². The summed E-state index contributed by atoms with van der Waals surface area (Å²) in [6, 6.07) is 17.2. The van der Waals surface area contributed by atoms with Crippen LogP contribution in [0.5, 0.6) is 5.75 Å². The van der Waals surface area contributed by atoms with E-state index in [1.165, 1.54) is 38.5 Å². The molecule has 2 N–H and O–H groups in total. The number of nitrogens with one attached hydrogen (secondary N) is 1. The molecular weight excluding hydrogens is 514 g/mol. The van der Waals surface area contributed by atoms with Gasteiger partial charge in [0.2, 0.25) is 0 Å². The van der Waals surface area contributed by atoms with Gasteiger partial charge in [0.05, 0.1) is 11.6 Å². The van der Waals surface area contributed by atoms with E-state index < -0.39 is 12.0 Å². The van der Waals surface area contributed by atoms with Gasteiger partial charge in [-0.2, -0.15) is 0 Å². The minimum atomic E-state index is -0.717. The highest BCUT2D eigenvalue weighted by molar-refractivity contribution is 6.06. The molecule has 224 valence electrons. The predicted octanol–water partition coefficient (Wildman–Crippen LogP) is 6.89. The van der Waals surface area contributed by atoms with Gasteiger partial charge in [-0.1, -0.05) is 102 Å². The lowest BCUT2D eigenvalue weighted by molar-refractivity contribution is -0.134. The summed E-state index contributed by atoms with van der Waals surface area (Å²) < 4.78 is 7.80. The van der Waals surface area contributed by atoms with Crippen LogP contribution in [0.3, 0.4) is 0 Å². The van der Waals surface area contributed by atoms with E-state index in [-0.39, 0.29) is 24.0 Å². The van der Waals surface area contributed by atoms with Gasteiger partial charge in [0, 0.05) is 30.6 Å². The molecule has 3 rings (SSSR count). The van der Waals surface area contributed by atoms with E-state index >= 15 is 0 Å². The molecule has 2 aromatic carbocycles. The normalized spacial score (nSPS) is 12.1. The zero-order valence-electron chi connectivity index (χ0n) is 25.2. The summed E-state index contributed by atoms with van der Waals surface area (Å²) in [5, 5.41) is 14.2. The van der Waals surface area contributed by atoms with E-state index in [4.69, 9.17) is 4.74 Å². The Morgan fingerprint density at radius 1 is 0.854 bits per heavy atom. The number of benzene rings is 2. The van der Waals surface area contributed by atoms with Crippen LogP contribution in [-0.4, -0.2) is 58.7 Å². The van der Waals surface area contributed by atoms with Crippen LogP contribution < -0.4 is 10.1 Å². The molecule has 3 aromatic rings. The van der Waals surface area contributed by atoms with E-state index in [9.17, 15) is 14.7 Å². The maximum absolute atomic E-state index is 13.7. The minimum Gasteiger partial charge on any atom is -0.423 e. The van der Waals surface area contributed by atoms with Gasteiger partial charge in [0.25, 0.3) is 5.91 Å². The number of para-hydroxylation sites is 2. The number of aromatic nitrogens is 1. The maximum Gasteiger partial charge on any atom is 0.311 e. The zero-order chi connectivity index (χ0) is 29.5. The number of hydrogen-bond donors (Lipinski definition) is 2. The molecule has 0 spiro atoms. The number of nitrogens with zero attached hydrogens (tertiary/aromatic N) is 2. The molecule has 0 radical (unpaired) electrons. The average molecular weight is 564 g/mol. The van der Waals surface area contributed by atoms with Crippen molar-refractivity contribution in [3.63, 3.8) is 0 Å². The van der Waals surface area contributed by atoms with Gasteiger partial charge < -0.3 is 24.6 Å². The molecule has 0 aliphatic rings. The molecule has 0 fully saturated rings. The van der Waals surface area contributed by atoms with Crippen LogP contribution in [0.2, 0.25) is 0 Å². The van der Waals surface area contributed by atoms with E-state index in [0.29, 0.717) is 18.4 Å². The van der Waals surface area contributed by atoms with Crippen molar-refractivity contribution in [1.29, 1.82) is 0 Å². The molecule has 0 aliphatic heterocycles. The Hall–Kier alpha value is -3.16. The summed E-state index contributed by atoms with van der Waals surface area (Å²) in [5.74, 6) is -0.463. The Labute approximate surface area is 245 Å². The third-order valence-corrected chi connectivity index (χ3v) is 7.62. The first-order valence-electron chi connectivity index (χ1n) is 15.6. The summed E-state index contributed by atoms with van der Waals surface area (Å²) in [6.07, 6.45) is 10.1. The summed E-state index contributed by atoms with van der Waals surface area (Å²) >= 11 is 0. The van der Waals surface area contributed by atoms with Crippen LogP contribution in [0.25, 0.3) is 16.6 Å². The van der Waals surface area contributed by atoms with E-state index in [0.717, 1.165) is 43.6 Å². The number of fused-ring (bicyclic) bond motifs is 1. The lowest BCUT2D eigenvalue weighted by Gasteiger charge is -2.22. The quantitative estimate of drug-likeness (QED) is 0.123. The number of carbonyl (C=O) groups excluding carboxylic acids is 2. The Balaban J connectivity index is 1.76. The summed E-state index contributed by atoms with van der Waals surface area (Å²) in [5.41, 5.74) is 1.82. The highest BCUT2D eigenvalue weighted by Crippen LogP contribution is 2.36. The number of likely N-dealkylation sites (N-methyl/N-ethyl adjacent to an activating group) is 1. The molecule has 1 aromatic heterocycles. The first kappa shape index (κ1) is 32.4. The molecule has 41 heavy (non-hydrogen) atoms. The molecule has 0 saturated heterocycles. The van der Waals surface area contributed by atoms with Crippen molar-refractivity contribution in [2.45, 2.75) is 91.1 Å². The number of aliphatic hydroxyl groups is 1. The Bertz CT molecular complexity index is 1200. The Morgan fingerprint density at radius 3 is 2.12 bits per heavy atom. The van der Waals surface area contributed by atoms with Crippen molar-refractivity contribution in [2.24, 2.45) is 0 Å². The van der Waals surface area contributed by atoms with E-state index in [1.54, 1.807) is 0 Å². The second-order valence-corrected chi connectivity index (χ2v) is 10.8. The first-order chi connectivity index (χ1) is 20.0. The van der Waals surface area contributed by atoms with Gasteiger partial charge in [-0.05, 0) is 43.8 Å². The molecule has 0 aliphatic carbocycles. The van der Waals surface area contributed by atoms with Gasteiger partial charge in [0.1, 0.15) is 0 Å². The van der Waals surface area contributed by atoms with E-state index in [2.05, 4.69) is 17.1 Å². The molecule has 0 bridgehead atoms. The van der Waals surface area contributed by atoms with Gasteiger partial charge in [-0.15, -0.1) is 0 Å². The van der Waals surface area contributed by atoms with Crippen molar-refractivity contribution in [3.8, 4) is 11.4 Å². The Kier molecular flexibility index (Phi) is 13.9. The molecule has 1 heterocycles. The maximum atomic E-state index is 13.7. The van der Waals surface area contributed by atoms with Crippen LogP contribution in [-0.2, 0) is 4.79 Å². The minimum absolute atomic E-state index is 0.0947. The Morgan fingerprint density at radius 2 is 1.46 bits per heavy atom. The van der Waals surface area contributed by atoms with Crippen LogP contribution >= 0.6 is 0 Å². The van der Waals surface area contributed by atoms with E-state index in [1.807, 2.05) is 73.0 Å². The fourth-order valence-corrected chi connectivity index (χ4v) is 5.25. The lowest BCUT2D eigenvalue weighted by atomic mass is 10.1. The van der Waals surface area contributed by atoms with Gasteiger partial charge >= 0.3 is 5.97 Å². The number of hydrogen-bond acceptors (Lipinski definition) is 5. The number of amides is 1. The van der Waals surface area contributed by atoms with Crippen molar-refractivity contribution in [1.82, 2.24) is 14.8 Å². The fourth-order valence-electron chi connectivity index (χ4n) is 5.25. The molecule has 1 atom stereocenters. The number of unbranched alkanes of at least 4 members (excludes halogenated alkanes) is 8. The highest BCUT2D eigenvalue weighted by Gasteiger charge is 2.27. The third kappa shape index (κ3) is 9.72. The predicted molar refractivity (Wildman–Crippen MR) is 167 cm³/mol. The van der Waals surface area contributed by atoms with Crippen LogP contribution in [0.1, 0.15) is 95.5 Å². The number of aliphatic hydroxyl groups excluding tert-OH is 1. The zero-order valence-corrected chi connectivity index (χ0v) is 25.2. The van der Waals surface area contributed by atoms with Crippen LogP contribution in [0.15, 0.2) is 54.6 Å². The summed E-state index contributed by atoms with van der Waals surface area (Å²) in [6.45, 7) is 8.52. The fraction of sp³-hybridized carbons (Fsp3) is 0.529. The molecule has 1 unspecified atom stereocenters. The standard InChI is InChI=1S/C34H49N3O4/c1-4-7-8-9-10-11-12-13-17-24-31(39)41-33-29-22-18-19-23-30(29)37(27-20-15-14-16-21-27)32(33)34(40)35-25-28(38)26-36(5-2)6-3/h14-16,18-23,28,38H,4-13,17,24-26H2,1-3H3,(H,35,40). The highest BCUT2D eigenvalue weighted by atomic mass is 16.5. The number of esters is 1. The average Bonchev–Trinajstić information content (AvgIpc) is 3.32. The number of rotatable bonds is 19. The second kappa shape index (κ2) is 17.6. The van der Waals surface area contributed by atoms with Gasteiger partial charge in [-0.25, -0.2) is 0 Å². The van der Waals surface area contributed by atoms with Gasteiger partial charge in [0.15, 0.2) is 11.4 Å². The second-order valence-electron chi connectivity index (χ2n) is 10.8. The topological polar surface area (TPSA) is 83.8 Å². The SMILES string of the molecule is CCCCCCCCCCCC(=O)Oc1c(C(=O)NCC(O)CN(CC)CC)n(-c2ccccc2)c2ccccc12. The third-order valence-electron chi connectivity index (χ3n) is 7.62. The summed E-state index contributed by atoms with van der Waals surface area (Å²) in [4.78, 5) is 28.9. The van der Waals surface area contributed by atoms with Crippen molar-refractivity contribution in [2.75, 3.05) is 26.2 Å². The monoisotopic (exact) mass is 563 g/mol. The molecule has 7 nitrogen and oxygen atoms in total. The van der Waals surface area contributed by atoms with Crippen molar-refractivity contribution < 1.29 is 19.4 Å². The van der Waals surface area contributed by atoms with Crippen molar-refractivity contribution >= 4 is 22.8 Å². The van der Waals surface area contributed by atoms with Gasteiger partial charge in [-0.3, -0.25) is 9.59 Å². The number of ether oxygens (including phenoxy) is 1. The molecule has 1 amide bonds. The molecule has 0 saturated carbocycles. The molecule has 7 heteroatoms. The summed E-state index contributed by atoms with van der Waals surface area (Å²) in [7, 11) is 0. The van der Waals surface area contributed by atoms with Crippen LogP contribution in [0.4, 0.5) is 0 Å². The largest absolute Gasteiger partial charge is 0.423 e. The number of carbonyl (C=O) groups is 2. The molecular formula is C34H49N3O4. The lowest BCUT2D eigenvalue weighted by Crippen LogP contribution is -2.40.